The summed E-state index contributed by atoms with van der Waals surface area (Å²) in [5, 5.41) is 0. The van der Waals surface area contributed by atoms with Gasteiger partial charge in [-0.3, -0.25) is 4.79 Å². The number of carbonyl (C=O) groups excluding carboxylic acids is 1. The van der Waals surface area contributed by atoms with Crippen molar-refractivity contribution >= 4 is 17.5 Å². The summed E-state index contributed by atoms with van der Waals surface area (Å²) in [4.78, 5) is 13.6. The first-order chi connectivity index (χ1) is 9.96. The highest BCUT2D eigenvalue weighted by Crippen LogP contribution is 2.43. The van der Waals surface area contributed by atoms with Gasteiger partial charge in [-0.05, 0) is 50.0 Å². The van der Waals surface area contributed by atoms with Crippen LogP contribution in [-0.2, 0) is 0 Å². The molecule has 1 aromatic carbocycles. The molecule has 2 nitrogen and oxygen atoms in total. The number of hydrogen-bond acceptors (Lipinski definition) is 2. The van der Waals surface area contributed by atoms with Crippen LogP contribution in [0.5, 0.6) is 0 Å². The maximum Gasteiger partial charge on any atom is 0.150 e. The molecule has 0 amide bonds. The second kappa shape index (κ2) is 6.05. The van der Waals surface area contributed by atoms with Crippen molar-refractivity contribution in [2.75, 3.05) is 11.4 Å². The van der Waals surface area contributed by atoms with Crippen molar-refractivity contribution < 1.29 is 4.79 Å². The zero-order chi connectivity index (χ0) is 15.6. The first-order valence-corrected chi connectivity index (χ1v) is 8.06. The molecule has 1 unspecified atom stereocenters. The standard InChI is InChI=1S/C19H27NO/c1-6-10-19(5)12-17(14(3)4)16-11-15(13-21)8-9-18(16)20(19)7-2/h8-9,11-14H,6-7,10H2,1-5H3. The summed E-state index contributed by atoms with van der Waals surface area (Å²) in [5.74, 6) is 0.459. The van der Waals surface area contributed by atoms with Gasteiger partial charge in [0.1, 0.15) is 6.29 Å². The van der Waals surface area contributed by atoms with Crippen molar-refractivity contribution in [3.05, 3.63) is 35.4 Å². The molecule has 0 fully saturated rings. The van der Waals surface area contributed by atoms with E-state index in [1.165, 1.54) is 16.8 Å². The molecule has 1 heterocycles. The van der Waals surface area contributed by atoms with E-state index in [4.69, 9.17) is 0 Å². The van der Waals surface area contributed by atoms with E-state index in [2.05, 4.69) is 51.7 Å². The molecule has 114 valence electrons. The molecule has 0 aromatic heterocycles. The van der Waals surface area contributed by atoms with E-state index in [1.807, 2.05) is 12.1 Å². The number of allylic oxidation sites excluding steroid dienone is 1. The van der Waals surface area contributed by atoms with Crippen LogP contribution in [0.15, 0.2) is 24.3 Å². The van der Waals surface area contributed by atoms with E-state index in [9.17, 15) is 4.79 Å². The fourth-order valence-electron chi connectivity index (χ4n) is 3.58. The highest BCUT2D eigenvalue weighted by atomic mass is 16.1. The topological polar surface area (TPSA) is 20.3 Å². The summed E-state index contributed by atoms with van der Waals surface area (Å²) in [6.07, 6.45) is 5.68. The van der Waals surface area contributed by atoms with Crippen molar-refractivity contribution in [1.82, 2.24) is 0 Å². The Morgan fingerprint density at radius 2 is 2.00 bits per heavy atom. The molecular weight excluding hydrogens is 258 g/mol. The van der Waals surface area contributed by atoms with Gasteiger partial charge in [0.2, 0.25) is 0 Å². The Kier molecular flexibility index (Phi) is 4.55. The Balaban J connectivity index is 2.65. The second-order valence-corrected chi connectivity index (χ2v) is 6.50. The Hall–Kier alpha value is -1.57. The molecular formula is C19H27NO. The predicted octanol–water partition coefficient (Wildman–Crippen LogP) is 4.94. The van der Waals surface area contributed by atoms with E-state index in [0.29, 0.717) is 5.92 Å². The van der Waals surface area contributed by atoms with Gasteiger partial charge in [-0.15, -0.1) is 0 Å². The van der Waals surface area contributed by atoms with Crippen molar-refractivity contribution in [2.24, 2.45) is 5.92 Å². The first kappa shape index (κ1) is 15.8. The Bertz CT molecular complexity index is 559. The number of benzene rings is 1. The quantitative estimate of drug-likeness (QED) is 0.714. The Morgan fingerprint density at radius 1 is 1.29 bits per heavy atom. The van der Waals surface area contributed by atoms with Crippen molar-refractivity contribution in [3.8, 4) is 0 Å². The highest BCUT2D eigenvalue weighted by molar-refractivity contribution is 5.87. The molecule has 21 heavy (non-hydrogen) atoms. The number of likely N-dealkylation sites (N-methyl/N-ethyl adjacent to an activating group) is 1. The average molecular weight is 285 g/mol. The Labute approximate surface area is 128 Å². The lowest BCUT2D eigenvalue weighted by Gasteiger charge is -2.46. The van der Waals surface area contributed by atoms with Gasteiger partial charge in [0.05, 0.1) is 5.54 Å². The average Bonchev–Trinajstić information content (AvgIpc) is 2.46. The molecule has 2 rings (SSSR count). The van der Waals surface area contributed by atoms with Gasteiger partial charge >= 0.3 is 0 Å². The molecule has 1 aliphatic heterocycles. The lowest BCUT2D eigenvalue weighted by Crippen LogP contribution is -2.47. The zero-order valence-corrected chi connectivity index (χ0v) is 13.9. The molecule has 0 spiro atoms. The fourth-order valence-corrected chi connectivity index (χ4v) is 3.58. The van der Waals surface area contributed by atoms with Crippen LogP contribution in [-0.4, -0.2) is 18.4 Å². The summed E-state index contributed by atoms with van der Waals surface area (Å²) < 4.78 is 0. The van der Waals surface area contributed by atoms with E-state index in [1.54, 1.807) is 0 Å². The van der Waals surface area contributed by atoms with Crippen LogP contribution in [0.3, 0.4) is 0 Å². The molecule has 0 N–H and O–H groups in total. The lowest BCUT2D eigenvalue weighted by molar-refractivity contribution is 0.112. The van der Waals surface area contributed by atoms with Gasteiger partial charge in [0.25, 0.3) is 0 Å². The van der Waals surface area contributed by atoms with Crippen molar-refractivity contribution in [2.45, 2.75) is 53.0 Å². The molecule has 0 saturated carbocycles. The first-order valence-electron chi connectivity index (χ1n) is 8.06. The number of carbonyl (C=O) groups is 1. The summed E-state index contributed by atoms with van der Waals surface area (Å²) in [5.41, 5.74) is 4.69. The monoisotopic (exact) mass is 285 g/mol. The Morgan fingerprint density at radius 3 is 2.52 bits per heavy atom. The van der Waals surface area contributed by atoms with Crippen molar-refractivity contribution in [3.63, 3.8) is 0 Å². The molecule has 1 atom stereocenters. The molecule has 0 aliphatic carbocycles. The van der Waals surface area contributed by atoms with Gasteiger partial charge in [0.15, 0.2) is 0 Å². The van der Waals surface area contributed by atoms with Crippen molar-refractivity contribution in [1.29, 1.82) is 0 Å². The van der Waals surface area contributed by atoms with Crippen LogP contribution in [0.1, 0.15) is 63.4 Å². The van der Waals surface area contributed by atoms with E-state index in [-0.39, 0.29) is 5.54 Å². The minimum absolute atomic E-state index is 0.0683. The van der Waals surface area contributed by atoms with Gasteiger partial charge in [0, 0.05) is 23.4 Å². The van der Waals surface area contributed by atoms with Gasteiger partial charge in [-0.25, -0.2) is 0 Å². The summed E-state index contributed by atoms with van der Waals surface area (Å²) in [6.45, 7) is 12.2. The van der Waals surface area contributed by atoms with Gasteiger partial charge in [-0.1, -0.05) is 33.3 Å². The van der Waals surface area contributed by atoms with Crippen LogP contribution in [0.2, 0.25) is 0 Å². The number of anilines is 1. The lowest BCUT2D eigenvalue weighted by atomic mass is 9.80. The molecule has 0 saturated heterocycles. The van der Waals surface area contributed by atoms with Crippen LogP contribution >= 0.6 is 0 Å². The molecule has 1 aromatic rings. The maximum absolute atomic E-state index is 11.1. The number of rotatable bonds is 5. The second-order valence-electron chi connectivity index (χ2n) is 6.50. The highest BCUT2D eigenvalue weighted by Gasteiger charge is 2.35. The third-order valence-electron chi connectivity index (χ3n) is 4.54. The number of hydrogen-bond donors (Lipinski definition) is 0. The molecule has 0 radical (unpaired) electrons. The summed E-state index contributed by atoms with van der Waals surface area (Å²) in [7, 11) is 0. The number of nitrogens with zero attached hydrogens (tertiary/aromatic N) is 1. The van der Waals surface area contributed by atoms with E-state index >= 15 is 0 Å². The third kappa shape index (κ3) is 2.76. The smallest absolute Gasteiger partial charge is 0.150 e. The zero-order valence-electron chi connectivity index (χ0n) is 13.9. The predicted molar refractivity (Wildman–Crippen MR) is 91.0 cm³/mol. The third-order valence-corrected chi connectivity index (χ3v) is 4.54. The van der Waals surface area contributed by atoms with Crippen LogP contribution in [0.4, 0.5) is 5.69 Å². The van der Waals surface area contributed by atoms with E-state index in [0.717, 1.165) is 31.2 Å². The van der Waals surface area contributed by atoms with Crippen LogP contribution in [0, 0.1) is 5.92 Å². The fraction of sp³-hybridized carbons (Fsp3) is 0.526. The minimum Gasteiger partial charge on any atom is -0.362 e. The SMILES string of the molecule is CCCC1(C)C=C(C(C)C)c2cc(C=O)ccc2N1CC. The molecule has 0 bridgehead atoms. The molecule has 2 heteroatoms. The van der Waals surface area contributed by atoms with E-state index < -0.39 is 0 Å². The number of aldehydes is 1. The van der Waals surface area contributed by atoms with Crippen LogP contribution < -0.4 is 4.90 Å². The largest absolute Gasteiger partial charge is 0.362 e. The minimum atomic E-state index is 0.0683. The normalized spacial score (nSPS) is 21.2. The van der Waals surface area contributed by atoms with Crippen LogP contribution in [0.25, 0.3) is 5.57 Å². The number of fused-ring (bicyclic) bond motifs is 1. The summed E-state index contributed by atoms with van der Waals surface area (Å²) in [6, 6.07) is 6.10. The van der Waals surface area contributed by atoms with Gasteiger partial charge < -0.3 is 4.90 Å². The maximum atomic E-state index is 11.1. The summed E-state index contributed by atoms with van der Waals surface area (Å²) >= 11 is 0. The van der Waals surface area contributed by atoms with Gasteiger partial charge in [-0.2, -0.15) is 0 Å². The molecule has 1 aliphatic rings.